The summed E-state index contributed by atoms with van der Waals surface area (Å²) in [6.45, 7) is 7.31. The maximum Gasteiger partial charge on any atom is 0.226 e. The van der Waals surface area contributed by atoms with Crippen molar-refractivity contribution in [3.05, 3.63) is 35.7 Å². The van der Waals surface area contributed by atoms with Crippen molar-refractivity contribution < 1.29 is 4.52 Å². The zero-order valence-corrected chi connectivity index (χ0v) is 13.2. The van der Waals surface area contributed by atoms with E-state index in [1.165, 1.54) is 5.56 Å². The van der Waals surface area contributed by atoms with E-state index in [9.17, 15) is 0 Å². The lowest BCUT2D eigenvalue weighted by atomic mass is 10.0. The number of aryl methyl sites for hydroxylation is 1. The molecule has 1 aromatic carbocycles. The Kier molecular flexibility index (Phi) is 5.51. The van der Waals surface area contributed by atoms with E-state index < -0.39 is 0 Å². The van der Waals surface area contributed by atoms with Crippen LogP contribution in [0.2, 0.25) is 0 Å². The molecule has 114 valence electrons. The van der Waals surface area contributed by atoms with Crippen molar-refractivity contribution in [2.24, 2.45) is 11.7 Å². The first kappa shape index (κ1) is 15.7. The maximum absolute atomic E-state index is 5.56. The first-order valence-electron chi connectivity index (χ1n) is 7.73. The van der Waals surface area contributed by atoms with E-state index in [-0.39, 0.29) is 0 Å². The fourth-order valence-electron chi connectivity index (χ4n) is 2.29. The molecular formula is C17H25N3O. The van der Waals surface area contributed by atoms with E-state index in [2.05, 4.69) is 55.2 Å². The molecule has 2 rings (SSSR count). The molecule has 2 aromatic rings. The lowest BCUT2D eigenvalue weighted by molar-refractivity contribution is 0.362. The molecule has 1 heterocycles. The molecular weight excluding hydrogens is 262 g/mol. The summed E-state index contributed by atoms with van der Waals surface area (Å²) in [5, 5.41) is 4.07. The van der Waals surface area contributed by atoms with Gasteiger partial charge in [0.15, 0.2) is 0 Å². The fourth-order valence-corrected chi connectivity index (χ4v) is 2.29. The molecule has 0 spiro atoms. The second kappa shape index (κ2) is 7.36. The number of rotatable bonds is 7. The summed E-state index contributed by atoms with van der Waals surface area (Å²) >= 11 is 0. The number of hydrogen-bond acceptors (Lipinski definition) is 4. The van der Waals surface area contributed by atoms with Crippen LogP contribution in [0.4, 0.5) is 0 Å². The molecule has 0 radical (unpaired) electrons. The number of nitrogens with zero attached hydrogens (tertiary/aromatic N) is 2. The molecule has 1 atom stereocenters. The van der Waals surface area contributed by atoms with E-state index in [1.807, 2.05) is 0 Å². The van der Waals surface area contributed by atoms with Crippen molar-refractivity contribution in [3.8, 4) is 11.4 Å². The summed E-state index contributed by atoms with van der Waals surface area (Å²) in [6, 6.07) is 8.36. The fraction of sp³-hybridized carbons (Fsp3) is 0.529. The summed E-state index contributed by atoms with van der Waals surface area (Å²) in [4.78, 5) is 4.48. The van der Waals surface area contributed by atoms with Crippen LogP contribution in [0.15, 0.2) is 28.8 Å². The molecule has 0 bridgehead atoms. The van der Waals surface area contributed by atoms with Crippen molar-refractivity contribution >= 4 is 0 Å². The van der Waals surface area contributed by atoms with Crippen molar-refractivity contribution in [2.75, 3.05) is 6.54 Å². The molecule has 0 amide bonds. The SMILES string of the molecule is CC(CCN)CCc1nc(-c2ccc(C(C)C)cc2)no1. The zero-order chi connectivity index (χ0) is 15.2. The Morgan fingerprint density at radius 3 is 2.43 bits per heavy atom. The number of hydrogen-bond donors (Lipinski definition) is 1. The molecule has 2 N–H and O–H groups in total. The van der Waals surface area contributed by atoms with Gasteiger partial charge in [-0.1, -0.05) is 50.2 Å². The number of nitrogens with two attached hydrogens (primary N) is 1. The quantitative estimate of drug-likeness (QED) is 0.841. The zero-order valence-electron chi connectivity index (χ0n) is 13.2. The van der Waals surface area contributed by atoms with Crippen molar-refractivity contribution in [1.29, 1.82) is 0 Å². The van der Waals surface area contributed by atoms with Crippen LogP contribution in [0.1, 0.15) is 51.0 Å². The largest absolute Gasteiger partial charge is 0.339 e. The average Bonchev–Trinajstić information content (AvgIpc) is 2.94. The Bertz CT molecular complexity index is 545. The summed E-state index contributed by atoms with van der Waals surface area (Å²) in [6.07, 6.45) is 2.89. The van der Waals surface area contributed by atoms with Crippen LogP contribution in [0.5, 0.6) is 0 Å². The first-order valence-corrected chi connectivity index (χ1v) is 7.73. The number of benzene rings is 1. The predicted molar refractivity (Wildman–Crippen MR) is 85.0 cm³/mol. The smallest absolute Gasteiger partial charge is 0.226 e. The highest BCUT2D eigenvalue weighted by atomic mass is 16.5. The van der Waals surface area contributed by atoms with Crippen molar-refractivity contribution in [2.45, 2.75) is 46.0 Å². The van der Waals surface area contributed by atoms with Gasteiger partial charge in [0.25, 0.3) is 0 Å². The molecule has 0 fully saturated rings. The topological polar surface area (TPSA) is 64.9 Å². The molecule has 0 aliphatic rings. The third kappa shape index (κ3) is 4.39. The van der Waals surface area contributed by atoms with Crippen LogP contribution in [-0.2, 0) is 6.42 Å². The Morgan fingerprint density at radius 1 is 1.10 bits per heavy atom. The minimum absolute atomic E-state index is 0.531. The summed E-state index contributed by atoms with van der Waals surface area (Å²) in [5.74, 6) is 2.51. The van der Waals surface area contributed by atoms with E-state index in [0.717, 1.165) is 31.4 Å². The van der Waals surface area contributed by atoms with Gasteiger partial charge in [0.1, 0.15) is 0 Å². The van der Waals surface area contributed by atoms with Gasteiger partial charge < -0.3 is 10.3 Å². The highest BCUT2D eigenvalue weighted by Gasteiger charge is 2.10. The Balaban J connectivity index is 1.99. The lowest BCUT2D eigenvalue weighted by Gasteiger charge is -2.06. The predicted octanol–water partition coefficient (Wildman–Crippen LogP) is 3.78. The van der Waals surface area contributed by atoms with Crippen LogP contribution < -0.4 is 5.73 Å². The second-order valence-electron chi connectivity index (χ2n) is 6.01. The van der Waals surface area contributed by atoms with Gasteiger partial charge in [-0.15, -0.1) is 0 Å². The Morgan fingerprint density at radius 2 is 1.81 bits per heavy atom. The van der Waals surface area contributed by atoms with Crippen LogP contribution >= 0.6 is 0 Å². The summed E-state index contributed by atoms with van der Waals surface area (Å²) < 4.78 is 5.33. The third-order valence-corrected chi connectivity index (χ3v) is 3.81. The maximum atomic E-state index is 5.56. The molecule has 0 aliphatic heterocycles. The molecule has 0 saturated carbocycles. The van der Waals surface area contributed by atoms with Crippen LogP contribution in [-0.4, -0.2) is 16.7 Å². The van der Waals surface area contributed by atoms with Gasteiger partial charge in [-0.05, 0) is 36.8 Å². The minimum atomic E-state index is 0.531. The third-order valence-electron chi connectivity index (χ3n) is 3.81. The molecule has 4 heteroatoms. The Labute approximate surface area is 126 Å². The minimum Gasteiger partial charge on any atom is -0.339 e. The molecule has 4 nitrogen and oxygen atoms in total. The highest BCUT2D eigenvalue weighted by molar-refractivity contribution is 5.54. The van der Waals surface area contributed by atoms with Crippen molar-refractivity contribution in [3.63, 3.8) is 0 Å². The van der Waals surface area contributed by atoms with Gasteiger partial charge >= 0.3 is 0 Å². The molecule has 0 saturated heterocycles. The van der Waals surface area contributed by atoms with Gasteiger partial charge in [0, 0.05) is 12.0 Å². The second-order valence-corrected chi connectivity index (χ2v) is 6.01. The van der Waals surface area contributed by atoms with Crippen LogP contribution in [0, 0.1) is 5.92 Å². The lowest BCUT2D eigenvalue weighted by Crippen LogP contribution is -2.06. The van der Waals surface area contributed by atoms with Gasteiger partial charge in [-0.25, -0.2) is 0 Å². The van der Waals surface area contributed by atoms with Crippen LogP contribution in [0.25, 0.3) is 11.4 Å². The van der Waals surface area contributed by atoms with E-state index in [4.69, 9.17) is 10.3 Å². The van der Waals surface area contributed by atoms with Gasteiger partial charge in [0.05, 0.1) is 0 Å². The highest BCUT2D eigenvalue weighted by Crippen LogP contribution is 2.21. The van der Waals surface area contributed by atoms with Crippen molar-refractivity contribution in [1.82, 2.24) is 10.1 Å². The van der Waals surface area contributed by atoms with E-state index in [1.54, 1.807) is 0 Å². The van der Waals surface area contributed by atoms with Gasteiger partial charge in [-0.2, -0.15) is 4.98 Å². The monoisotopic (exact) mass is 287 g/mol. The summed E-state index contributed by atoms with van der Waals surface area (Å²) in [5.41, 5.74) is 7.88. The molecule has 21 heavy (non-hydrogen) atoms. The van der Waals surface area contributed by atoms with E-state index in [0.29, 0.717) is 23.6 Å². The standard InChI is InChI=1S/C17H25N3O/c1-12(2)14-5-7-15(8-6-14)17-19-16(21-20-17)9-4-13(3)10-11-18/h5-8,12-13H,4,9-11,18H2,1-3H3. The molecule has 1 unspecified atom stereocenters. The Hall–Kier alpha value is -1.68. The van der Waals surface area contributed by atoms with Gasteiger partial charge in [0.2, 0.25) is 11.7 Å². The van der Waals surface area contributed by atoms with Gasteiger partial charge in [-0.3, -0.25) is 0 Å². The first-order chi connectivity index (χ1) is 10.1. The molecule has 1 aromatic heterocycles. The molecule has 0 aliphatic carbocycles. The average molecular weight is 287 g/mol. The normalized spacial score (nSPS) is 12.8. The summed E-state index contributed by atoms with van der Waals surface area (Å²) in [7, 11) is 0. The number of aromatic nitrogens is 2. The van der Waals surface area contributed by atoms with Crippen LogP contribution in [0.3, 0.4) is 0 Å². The van der Waals surface area contributed by atoms with E-state index >= 15 is 0 Å².